The van der Waals surface area contributed by atoms with Gasteiger partial charge in [-0.15, -0.1) is 0 Å². The van der Waals surface area contributed by atoms with Crippen molar-refractivity contribution in [2.75, 3.05) is 7.11 Å². The van der Waals surface area contributed by atoms with Crippen LogP contribution in [0.5, 0.6) is 11.5 Å². The van der Waals surface area contributed by atoms with Gasteiger partial charge < -0.3 is 14.3 Å². The number of carbonyl (C=O) groups excluding carboxylic acids is 1. The fourth-order valence-corrected chi connectivity index (χ4v) is 2.65. The highest BCUT2D eigenvalue weighted by Gasteiger charge is 2.16. The van der Waals surface area contributed by atoms with E-state index in [1.165, 1.54) is 13.3 Å². The quantitative estimate of drug-likeness (QED) is 0.356. The number of nitro groups is 1. The van der Waals surface area contributed by atoms with Crippen LogP contribution in [0, 0.1) is 10.1 Å². The second-order valence-electron chi connectivity index (χ2n) is 5.70. The van der Waals surface area contributed by atoms with Crippen molar-refractivity contribution in [3.8, 4) is 22.8 Å². The standard InChI is InChI=1S/C19H14ClN3O6/c1-28-17-6-2-11(20)8-15(17)18-7-4-13(29-18)10-21-22-19(25)14-9-12(23(26)27)3-5-16(14)24/h2-10,24H,1H3,(H,22,25)/b21-10-. The minimum Gasteiger partial charge on any atom is -0.507 e. The van der Waals surface area contributed by atoms with Crippen LogP contribution in [0.25, 0.3) is 11.3 Å². The van der Waals surface area contributed by atoms with Gasteiger partial charge in [0, 0.05) is 17.2 Å². The summed E-state index contributed by atoms with van der Waals surface area (Å²) in [6.07, 6.45) is 1.24. The van der Waals surface area contributed by atoms with Crippen LogP contribution in [0.15, 0.2) is 58.0 Å². The van der Waals surface area contributed by atoms with E-state index in [0.717, 1.165) is 18.2 Å². The molecule has 0 saturated carbocycles. The van der Waals surface area contributed by atoms with E-state index in [4.69, 9.17) is 20.8 Å². The Morgan fingerprint density at radius 3 is 2.79 bits per heavy atom. The number of phenolic OH excluding ortho intramolecular Hbond substituents is 1. The van der Waals surface area contributed by atoms with Crippen molar-refractivity contribution in [1.82, 2.24) is 5.43 Å². The minimum absolute atomic E-state index is 0.278. The lowest BCUT2D eigenvalue weighted by Crippen LogP contribution is -2.17. The molecule has 0 fully saturated rings. The van der Waals surface area contributed by atoms with E-state index in [-0.39, 0.29) is 11.3 Å². The van der Waals surface area contributed by atoms with E-state index in [1.54, 1.807) is 30.3 Å². The number of rotatable bonds is 6. The SMILES string of the molecule is COc1ccc(Cl)cc1-c1ccc(/C=N\NC(=O)c2cc([N+](=O)[O-])ccc2O)o1. The molecule has 2 aromatic carbocycles. The van der Waals surface area contributed by atoms with Crippen molar-refractivity contribution < 1.29 is 24.0 Å². The van der Waals surface area contributed by atoms with Crippen LogP contribution in [0.4, 0.5) is 5.69 Å². The zero-order chi connectivity index (χ0) is 21.0. The monoisotopic (exact) mass is 415 g/mol. The van der Waals surface area contributed by atoms with E-state index in [1.807, 2.05) is 0 Å². The van der Waals surface area contributed by atoms with Crippen LogP contribution in [0.1, 0.15) is 16.1 Å². The molecule has 1 aromatic heterocycles. The predicted octanol–water partition coefficient (Wildman–Crippen LogP) is 3.99. The number of phenols is 1. The zero-order valence-corrected chi connectivity index (χ0v) is 15.7. The fourth-order valence-electron chi connectivity index (χ4n) is 2.47. The summed E-state index contributed by atoms with van der Waals surface area (Å²) in [5.41, 5.74) is 2.21. The second-order valence-corrected chi connectivity index (χ2v) is 6.14. The molecule has 10 heteroatoms. The highest BCUT2D eigenvalue weighted by Crippen LogP contribution is 2.33. The number of nitrogens with one attached hydrogen (secondary N) is 1. The Hall–Kier alpha value is -3.85. The third kappa shape index (κ3) is 4.53. The third-order valence-electron chi connectivity index (χ3n) is 3.85. The first kappa shape index (κ1) is 19.9. The van der Waals surface area contributed by atoms with Gasteiger partial charge in [0.05, 0.1) is 29.4 Å². The number of halogens is 1. The Kier molecular flexibility index (Phi) is 5.79. The molecule has 0 saturated heterocycles. The molecule has 0 bridgehead atoms. The van der Waals surface area contributed by atoms with Crippen molar-refractivity contribution in [2.24, 2.45) is 5.10 Å². The van der Waals surface area contributed by atoms with Crippen molar-refractivity contribution in [2.45, 2.75) is 0 Å². The van der Waals surface area contributed by atoms with Gasteiger partial charge in [0.2, 0.25) is 0 Å². The Labute approximate surface area is 169 Å². The summed E-state index contributed by atoms with van der Waals surface area (Å²) in [7, 11) is 1.52. The number of carbonyl (C=O) groups is 1. The van der Waals surface area contributed by atoms with Gasteiger partial charge in [0.15, 0.2) is 0 Å². The number of aromatic hydroxyl groups is 1. The molecule has 0 spiro atoms. The van der Waals surface area contributed by atoms with E-state index in [2.05, 4.69) is 10.5 Å². The maximum absolute atomic E-state index is 12.1. The Morgan fingerprint density at radius 1 is 1.28 bits per heavy atom. The summed E-state index contributed by atoms with van der Waals surface area (Å²) in [5.74, 6) is 0.156. The topological polar surface area (TPSA) is 127 Å². The molecular formula is C19H14ClN3O6. The van der Waals surface area contributed by atoms with Crippen LogP contribution in [-0.2, 0) is 0 Å². The molecule has 0 atom stereocenters. The molecule has 3 aromatic rings. The van der Waals surface area contributed by atoms with E-state index in [0.29, 0.717) is 27.9 Å². The summed E-state index contributed by atoms with van der Waals surface area (Å²) in [4.78, 5) is 22.2. The third-order valence-corrected chi connectivity index (χ3v) is 4.08. The van der Waals surface area contributed by atoms with Gasteiger partial charge in [-0.3, -0.25) is 14.9 Å². The molecule has 148 valence electrons. The summed E-state index contributed by atoms with van der Waals surface area (Å²) >= 11 is 6.02. The van der Waals surface area contributed by atoms with Gasteiger partial charge in [-0.1, -0.05) is 11.6 Å². The van der Waals surface area contributed by atoms with Gasteiger partial charge in [-0.05, 0) is 36.4 Å². The molecule has 0 radical (unpaired) electrons. The minimum atomic E-state index is -0.814. The van der Waals surface area contributed by atoms with Crippen molar-refractivity contribution >= 4 is 29.4 Å². The van der Waals surface area contributed by atoms with Crippen LogP contribution >= 0.6 is 11.6 Å². The molecule has 2 N–H and O–H groups in total. The Bertz CT molecular complexity index is 1110. The highest BCUT2D eigenvalue weighted by molar-refractivity contribution is 6.30. The fraction of sp³-hybridized carbons (Fsp3) is 0.0526. The van der Waals surface area contributed by atoms with Crippen LogP contribution in [0.3, 0.4) is 0 Å². The normalized spacial score (nSPS) is 10.8. The number of hydrogen-bond donors (Lipinski definition) is 2. The average Bonchev–Trinajstić information content (AvgIpc) is 3.16. The maximum Gasteiger partial charge on any atom is 0.275 e. The number of amides is 1. The molecule has 3 rings (SSSR count). The summed E-state index contributed by atoms with van der Waals surface area (Å²) < 4.78 is 10.9. The van der Waals surface area contributed by atoms with Crippen molar-refractivity contribution in [1.29, 1.82) is 0 Å². The van der Waals surface area contributed by atoms with Gasteiger partial charge in [0.1, 0.15) is 23.0 Å². The van der Waals surface area contributed by atoms with Crippen molar-refractivity contribution in [3.05, 3.63) is 75.0 Å². The number of methoxy groups -OCH3 is 1. The summed E-state index contributed by atoms with van der Waals surface area (Å²) in [5, 5.41) is 24.8. The Morgan fingerprint density at radius 2 is 2.07 bits per heavy atom. The van der Waals surface area contributed by atoms with Crippen molar-refractivity contribution in [3.63, 3.8) is 0 Å². The first-order valence-corrected chi connectivity index (χ1v) is 8.51. The molecular weight excluding hydrogens is 402 g/mol. The van der Waals surface area contributed by atoms with Gasteiger partial charge in [-0.25, -0.2) is 5.43 Å². The number of benzene rings is 2. The lowest BCUT2D eigenvalue weighted by atomic mass is 10.1. The molecule has 1 amide bonds. The molecule has 29 heavy (non-hydrogen) atoms. The molecule has 0 aliphatic heterocycles. The van der Waals surface area contributed by atoms with Gasteiger partial charge in [0.25, 0.3) is 11.6 Å². The number of hydrazone groups is 1. The average molecular weight is 416 g/mol. The van der Waals surface area contributed by atoms with E-state index in [9.17, 15) is 20.0 Å². The lowest BCUT2D eigenvalue weighted by molar-refractivity contribution is -0.384. The smallest absolute Gasteiger partial charge is 0.275 e. The predicted molar refractivity (Wildman–Crippen MR) is 106 cm³/mol. The largest absolute Gasteiger partial charge is 0.507 e. The molecule has 0 aliphatic carbocycles. The number of ether oxygens (including phenoxy) is 1. The number of hydrogen-bond acceptors (Lipinski definition) is 7. The molecule has 0 aliphatic rings. The number of non-ortho nitro benzene ring substituents is 1. The van der Waals surface area contributed by atoms with Gasteiger partial charge >= 0.3 is 0 Å². The van der Waals surface area contributed by atoms with Gasteiger partial charge in [-0.2, -0.15) is 5.10 Å². The summed E-state index contributed by atoms with van der Waals surface area (Å²) in [6.45, 7) is 0. The Balaban J connectivity index is 1.74. The van der Waals surface area contributed by atoms with Crippen LogP contribution in [-0.4, -0.2) is 29.3 Å². The highest BCUT2D eigenvalue weighted by atomic mass is 35.5. The lowest BCUT2D eigenvalue weighted by Gasteiger charge is -2.06. The van der Waals surface area contributed by atoms with Crippen LogP contribution < -0.4 is 10.2 Å². The number of furan rings is 1. The zero-order valence-electron chi connectivity index (χ0n) is 15.0. The molecule has 9 nitrogen and oxygen atoms in total. The van der Waals surface area contributed by atoms with E-state index < -0.39 is 16.6 Å². The number of nitrogens with zero attached hydrogens (tertiary/aromatic N) is 2. The first-order valence-electron chi connectivity index (χ1n) is 8.13. The van der Waals surface area contributed by atoms with Crippen LogP contribution in [0.2, 0.25) is 5.02 Å². The molecule has 1 heterocycles. The van der Waals surface area contributed by atoms with E-state index >= 15 is 0 Å². The number of nitro benzene ring substituents is 1. The summed E-state index contributed by atoms with van der Waals surface area (Å²) in [6, 6.07) is 11.5. The second kappa shape index (κ2) is 8.44. The molecule has 0 unspecified atom stereocenters. The maximum atomic E-state index is 12.1. The first-order chi connectivity index (χ1) is 13.9.